The van der Waals surface area contributed by atoms with Gasteiger partial charge in [-0.3, -0.25) is 14.8 Å². The molecule has 0 bridgehead atoms. The Morgan fingerprint density at radius 2 is 1.70 bits per heavy atom. The fourth-order valence-corrected chi connectivity index (χ4v) is 4.41. The maximum absolute atomic E-state index is 13.7. The van der Waals surface area contributed by atoms with Crippen LogP contribution in [0.4, 0.5) is 5.69 Å². The molecule has 7 heteroatoms. The van der Waals surface area contributed by atoms with Crippen molar-refractivity contribution < 1.29 is 14.3 Å². The lowest BCUT2D eigenvalue weighted by Crippen LogP contribution is -2.29. The summed E-state index contributed by atoms with van der Waals surface area (Å²) in [4.78, 5) is 15.4. The second-order valence-corrected chi connectivity index (χ2v) is 8.33. The van der Waals surface area contributed by atoms with Crippen molar-refractivity contribution >= 4 is 23.2 Å². The minimum Gasteiger partial charge on any atom is -0.497 e. The Bertz CT molecular complexity index is 1330. The number of aromatic nitrogens is 2. The topological polar surface area (TPSA) is 67.5 Å². The van der Waals surface area contributed by atoms with Gasteiger partial charge in [-0.2, -0.15) is 5.10 Å². The molecule has 33 heavy (non-hydrogen) atoms. The number of ether oxygens (including phenoxy) is 2. The number of benzene rings is 3. The van der Waals surface area contributed by atoms with Gasteiger partial charge in [-0.1, -0.05) is 41.4 Å². The molecule has 0 aliphatic carbocycles. The van der Waals surface area contributed by atoms with Crippen LogP contribution >= 0.6 is 11.6 Å². The third kappa shape index (κ3) is 3.52. The number of methoxy groups -OCH3 is 2. The zero-order valence-electron chi connectivity index (χ0n) is 18.4. The molecule has 5 rings (SSSR count). The van der Waals surface area contributed by atoms with Gasteiger partial charge in [-0.15, -0.1) is 0 Å². The van der Waals surface area contributed by atoms with Crippen LogP contribution in [0, 0.1) is 6.92 Å². The second-order valence-electron chi connectivity index (χ2n) is 7.89. The highest BCUT2D eigenvalue weighted by Crippen LogP contribution is 2.47. The molecule has 0 radical (unpaired) electrons. The molecule has 1 aromatic heterocycles. The monoisotopic (exact) mass is 459 g/mol. The summed E-state index contributed by atoms with van der Waals surface area (Å²) in [7, 11) is 3.22. The van der Waals surface area contributed by atoms with Crippen LogP contribution in [0.1, 0.15) is 33.2 Å². The van der Waals surface area contributed by atoms with Crippen LogP contribution in [0.15, 0.2) is 66.7 Å². The molecule has 3 aromatic carbocycles. The van der Waals surface area contributed by atoms with Crippen molar-refractivity contribution in [2.24, 2.45) is 0 Å². The van der Waals surface area contributed by atoms with Crippen molar-refractivity contribution in [2.75, 3.05) is 19.1 Å². The number of carbonyl (C=O) groups is 1. The lowest BCUT2D eigenvalue weighted by molar-refractivity contribution is 0.0988. The van der Waals surface area contributed by atoms with Crippen molar-refractivity contribution in [3.63, 3.8) is 0 Å². The number of carbonyl (C=O) groups excluding carboxylic acids is 1. The number of nitrogens with zero attached hydrogens (tertiary/aromatic N) is 2. The normalized spacial score (nSPS) is 15.0. The van der Waals surface area contributed by atoms with Crippen LogP contribution in [0.25, 0.3) is 11.3 Å². The quantitative estimate of drug-likeness (QED) is 0.409. The van der Waals surface area contributed by atoms with Gasteiger partial charge < -0.3 is 9.47 Å². The number of hydrogen-bond donors (Lipinski definition) is 1. The molecule has 0 fully saturated rings. The largest absolute Gasteiger partial charge is 0.497 e. The average Bonchev–Trinajstić information content (AvgIpc) is 3.39. The first-order chi connectivity index (χ1) is 16.0. The third-order valence-corrected chi connectivity index (χ3v) is 6.19. The number of amides is 1. The molecular weight excluding hydrogens is 438 g/mol. The predicted octanol–water partition coefficient (Wildman–Crippen LogP) is 5.81. The summed E-state index contributed by atoms with van der Waals surface area (Å²) in [5.74, 6) is 1.15. The minimum absolute atomic E-state index is 0.149. The number of anilines is 1. The van der Waals surface area contributed by atoms with E-state index in [0.717, 1.165) is 27.9 Å². The van der Waals surface area contributed by atoms with Gasteiger partial charge in [0.25, 0.3) is 5.91 Å². The summed E-state index contributed by atoms with van der Waals surface area (Å²) < 4.78 is 11.1. The number of aromatic amines is 1. The molecule has 1 unspecified atom stereocenters. The average molecular weight is 460 g/mol. The molecule has 6 nitrogen and oxygen atoms in total. The van der Waals surface area contributed by atoms with Crippen LogP contribution < -0.4 is 14.4 Å². The van der Waals surface area contributed by atoms with Gasteiger partial charge in [0.05, 0.1) is 26.0 Å². The fraction of sp³-hybridized carbons (Fsp3) is 0.154. The third-order valence-electron chi connectivity index (χ3n) is 5.93. The predicted molar refractivity (Wildman–Crippen MR) is 128 cm³/mol. The number of fused-ring (bicyclic) bond motifs is 1. The van der Waals surface area contributed by atoms with Crippen molar-refractivity contribution in [1.29, 1.82) is 0 Å². The summed E-state index contributed by atoms with van der Waals surface area (Å²) in [6.45, 7) is 2.02. The molecule has 1 N–H and O–H groups in total. The standard InChI is InChI=1S/C26H22ClN3O3/c1-15-4-10-18(11-5-15)30-25(20-13-12-19(32-2)14-21(20)33-3)22-23(28-29-24(22)26(30)31)16-6-8-17(27)9-7-16/h4-14,25H,1-3H3,(H,28,29). The van der Waals surface area contributed by atoms with Crippen LogP contribution in [0.3, 0.4) is 0 Å². The first-order valence-electron chi connectivity index (χ1n) is 10.5. The van der Waals surface area contributed by atoms with E-state index in [1.807, 2.05) is 73.7 Å². The number of aryl methyl sites for hydroxylation is 1. The molecule has 166 valence electrons. The Balaban J connectivity index is 1.74. The maximum atomic E-state index is 13.7. The zero-order valence-corrected chi connectivity index (χ0v) is 19.2. The number of hydrogen-bond acceptors (Lipinski definition) is 4. The Kier molecular flexibility index (Phi) is 5.30. The summed E-state index contributed by atoms with van der Waals surface area (Å²) in [5, 5.41) is 8.13. The van der Waals surface area contributed by atoms with E-state index < -0.39 is 6.04 Å². The van der Waals surface area contributed by atoms with Gasteiger partial charge in [-0.05, 0) is 43.3 Å². The lowest BCUT2D eigenvalue weighted by atomic mass is 9.95. The molecule has 2 heterocycles. The highest BCUT2D eigenvalue weighted by atomic mass is 35.5. The Morgan fingerprint density at radius 3 is 2.36 bits per heavy atom. The first-order valence-corrected chi connectivity index (χ1v) is 10.9. The molecule has 0 saturated carbocycles. The van der Waals surface area contributed by atoms with Crippen LogP contribution in [-0.4, -0.2) is 30.3 Å². The van der Waals surface area contributed by atoms with E-state index in [4.69, 9.17) is 21.1 Å². The molecule has 0 saturated heterocycles. The molecule has 0 spiro atoms. The minimum atomic E-state index is -0.444. The van der Waals surface area contributed by atoms with Crippen LogP contribution in [-0.2, 0) is 0 Å². The van der Waals surface area contributed by atoms with Crippen LogP contribution in [0.2, 0.25) is 5.02 Å². The molecule has 1 aliphatic heterocycles. The first kappa shape index (κ1) is 21.1. The number of H-pyrrole nitrogens is 1. The van der Waals surface area contributed by atoms with Gasteiger partial charge in [0.2, 0.25) is 0 Å². The molecule has 4 aromatic rings. The lowest BCUT2D eigenvalue weighted by Gasteiger charge is -2.28. The summed E-state index contributed by atoms with van der Waals surface area (Å²) >= 11 is 6.10. The van der Waals surface area contributed by atoms with Gasteiger partial charge in [0, 0.05) is 33.5 Å². The Morgan fingerprint density at radius 1 is 0.970 bits per heavy atom. The number of rotatable bonds is 5. The highest BCUT2D eigenvalue weighted by molar-refractivity contribution is 6.30. The second kappa shape index (κ2) is 8.30. The van der Waals surface area contributed by atoms with E-state index in [2.05, 4.69) is 10.2 Å². The summed E-state index contributed by atoms with van der Waals surface area (Å²) in [6, 6.07) is 20.5. The maximum Gasteiger partial charge on any atom is 0.277 e. The van der Waals surface area contributed by atoms with E-state index in [0.29, 0.717) is 27.9 Å². The fourth-order valence-electron chi connectivity index (χ4n) is 4.29. The summed E-state index contributed by atoms with van der Waals surface area (Å²) in [6.07, 6.45) is 0. The SMILES string of the molecule is COc1ccc(C2c3c(-c4ccc(Cl)cc4)n[nH]c3C(=O)N2c2ccc(C)cc2)c(OC)c1. The summed E-state index contributed by atoms with van der Waals surface area (Å²) in [5.41, 5.74) is 5.57. The van der Waals surface area contributed by atoms with Crippen molar-refractivity contribution in [1.82, 2.24) is 10.2 Å². The van der Waals surface area contributed by atoms with Gasteiger partial charge >= 0.3 is 0 Å². The van der Waals surface area contributed by atoms with Gasteiger partial charge in [0.1, 0.15) is 17.2 Å². The van der Waals surface area contributed by atoms with E-state index >= 15 is 0 Å². The molecule has 1 atom stereocenters. The van der Waals surface area contributed by atoms with Crippen LogP contribution in [0.5, 0.6) is 11.5 Å². The van der Waals surface area contributed by atoms with Crippen molar-refractivity contribution in [3.05, 3.63) is 94.1 Å². The Labute approximate surface area is 196 Å². The van der Waals surface area contributed by atoms with E-state index in [9.17, 15) is 4.79 Å². The van der Waals surface area contributed by atoms with Crippen molar-refractivity contribution in [2.45, 2.75) is 13.0 Å². The zero-order chi connectivity index (χ0) is 23.1. The van der Waals surface area contributed by atoms with E-state index in [-0.39, 0.29) is 5.91 Å². The van der Waals surface area contributed by atoms with E-state index in [1.54, 1.807) is 19.1 Å². The van der Waals surface area contributed by atoms with Crippen molar-refractivity contribution in [3.8, 4) is 22.8 Å². The van der Waals surface area contributed by atoms with Gasteiger partial charge in [-0.25, -0.2) is 0 Å². The van der Waals surface area contributed by atoms with Gasteiger partial charge in [0.15, 0.2) is 0 Å². The molecule has 1 amide bonds. The number of nitrogens with one attached hydrogen (secondary N) is 1. The Hall–Kier alpha value is -3.77. The smallest absolute Gasteiger partial charge is 0.277 e. The van der Waals surface area contributed by atoms with E-state index in [1.165, 1.54) is 0 Å². The molecule has 1 aliphatic rings. The molecular formula is C26H22ClN3O3. The highest BCUT2D eigenvalue weighted by Gasteiger charge is 2.44. The number of halogens is 1.